The second kappa shape index (κ2) is 7.80. The van der Waals surface area contributed by atoms with Gasteiger partial charge in [-0.3, -0.25) is 0 Å². The van der Waals surface area contributed by atoms with Crippen LogP contribution >= 0.6 is 0 Å². The number of halogens is 1. The number of hydrogen-bond acceptors (Lipinski definition) is 4. The first kappa shape index (κ1) is 21.8. The lowest BCUT2D eigenvalue weighted by Crippen LogP contribution is -2.32. The van der Waals surface area contributed by atoms with Gasteiger partial charge in [-0.15, -0.1) is 0 Å². The molecule has 0 aliphatic carbocycles. The van der Waals surface area contributed by atoms with Crippen molar-refractivity contribution >= 4 is 29.2 Å². The van der Waals surface area contributed by atoms with Crippen molar-refractivity contribution in [2.75, 3.05) is 12.4 Å². The Bertz CT molecular complexity index is 1420. The lowest BCUT2D eigenvalue weighted by molar-refractivity contribution is 0.371. The second-order valence-corrected chi connectivity index (χ2v) is 9.16. The number of aromatic hydroxyl groups is 1. The molecule has 0 spiro atoms. The maximum atomic E-state index is 13.9. The fourth-order valence-corrected chi connectivity index (χ4v) is 4.94. The van der Waals surface area contributed by atoms with Crippen LogP contribution in [0.4, 0.5) is 10.1 Å². The van der Waals surface area contributed by atoms with Gasteiger partial charge >= 0.3 is 0 Å². The van der Waals surface area contributed by atoms with E-state index in [1.54, 1.807) is 24.3 Å². The molecule has 0 amide bonds. The zero-order valence-corrected chi connectivity index (χ0v) is 19.6. The topological polar surface area (TPSA) is 50.7 Å². The molecular weight excluding hydrogens is 429 g/mol. The molecule has 0 unspecified atom stereocenters. The van der Waals surface area contributed by atoms with Crippen molar-refractivity contribution in [2.45, 2.75) is 26.3 Å². The molecular formula is C29H26FNO3. The standard InChI is InChI=1S/C29H26FNO3/c1-6-17-13-19(30)8-7-18(17)14-24-26-20(27-23(34-24)12-11-22(32)28(27)33-5)9-10-21-25(26)16(2)15-29(3,4)31-21/h6-15,31-32H,1H2,2-5H3. The molecule has 2 heterocycles. The van der Waals surface area contributed by atoms with Crippen molar-refractivity contribution < 1.29 is 19.0 Å². The summed E-state index contributed by atoms with van der Waals surface area (Å²) < 4.78 is 25.9. The van der Waals surface area contributed by atoms with E-state index in [1.165, 1.54) is 19.2 Å². The van der Waals surface area contributed by atoms with Crippen LogP contribution < -0.4 is 14.8 Å². The number of fused-ring (bicyclic) bond motifs is 5. The van der Waals surface area contributed by atoms with Crippen LogP contribution in [0.5, 0.6) is 17.2 Å². The zero-order chi connectivity index (χ0) is 24.2. The van der Waals surface area contributed by atoms with Crippen LogP contribution in [-0.4, -0.2) is 17.8 Å². The maximum absolute atomic E-state index is 13.9. The van der Waals surface area contributed by atoms with Crippen molar-refractivity contribution in [3.63, 3.8) is 0 Å². The van der Waals surface area contributed by atoms with E-state index in [0.29, 0.717) is 28.4 Å². The van der Waals surface area contributed by atoms with Crippen LogP contribution in [-0.2, 0) is 0 Å². The summed E-state index contributed by atoms with van der Waals surface area (Å²) >= 11 is 0. The third kappa shape index (κ3) is 3.45. The van der Waals surface area contributed by atoms with Crippen LogP contribution in [0.25, 0.3) is 34.6 Å². The molecule has 2 aliphatic heterocycles. The van der Waals surface area contributed by atoms with Crippen molar-refractivity contribution in [3.05, 3.63) is 83.2 Å². The fourth-order valence-electron chi connectivity index (χ4n) is 4.94. The van der Waals surface area contributed by atoms with Crippen LogP contribution in [0.3, 0.4) is 0 Å². The van der Waals surface area contributed by atoms with Gasteiger partial charge in [0.2, 0.25) is 0 Å². The third-order valence-electron chi connectivity index (χ3n) is 6.23. The smallest absolute Gasteiger partial charge is 0.172 e. The van der Waals surface area contributed by atoms with E-state index in [0.717, 1.165) is 33.5 Å². The molecule has 4 nitrogen and oxygen atoms in total. The molecule has 0 atom stereocenters. The first-order chi connectivity index (χ1) is 16.2. The van der Waals surface area contributed by atoms with Gasteiger partial charge in [-0.2, -0.15) is 0 Å². The number of anilines is 1. The molecule has 34 heavy (non-hydrogen) atoms. The van der Waals surface area contributed by atoms with Gasteiger partial charge in [0.25, 0.3) is 0 Å². The first-order valence-corrected chi connectivity index (χ1v) is 11.1. The van der Waals surface area contributed by atoms with Gasteiger partial charge in [0.15, 0.2) is 11.5 Å². The average molecular weight is 456 g/mol. The van der Waals surface area contributed by atoms with Gasteiger partial charge in [0.1, 0.15) is 17.3 Å². The number of allylic oxidation sites excluding steroid dienone is 1. The predicted octanol–water partition coefficient (Wildman–Crippen LogP) is 7.35. The third-order valence-corrected chi connectivity index (χ3v) is 6.23. The highest BCUT2D eigenvalue weighted by atomic mass is 19.1. The molecule has 0 fully saturated rings. The lowest BCUT2D eigenvalue weighted by Gasteiger charge is -2.35. The van der Waals surface area contributed by atoms with E-state index >= 15 is 0 Å². The summed E-state index contributed by atoms with van der Waals surface area (Å²) in [4.78, 5) is 0. The summed E-state index contributed by atoms with van der Waals surface area (Å²) in [6, 6.07) is 12.0. The van der Waals surface area contributed by atoms with E-state index in [4.69, 9.17) is 9.47 Å². The molecule has 0 saturated carbocycles. The number of hydrogen-bond donors (Lipinski definition) is 2. The summed E-state index contributed by atoms with van der Waals surface area (Å²) in [6.45, 7) is 10.2. The highest BCUT2D eigenvalue weighted by Crippen LogP contribution is 2.54. The van der Waals surface area contributed by atoms with Crippen molar-refractivity contribution in [1.29, 1.82) is 0 Å². The molecule has 2 aliphatic rings. The van der Waals surface area contributed by atoms with E-state index in [-0.39, 0.29) is 17.1 Å². The van der Waals surface area contributed by atoms with Gasteiger partial charge in [-0.25, -0.2) is 4.39 Å². The van der Waals surface area contributed by atoms with Crippen LogP contribution in [0.2, 0.25) is 0 Å². The second-order valence-electron chi connectivity index (χ2n) is 9.16. The number of phenolic OH excluding ortho intramolecular Hbond substituents is 1. The Morgan fingerprint density at radius 2 is 1.85 bits per heavy atom. The van der Waals surface area contributed by atoms with Crippen molar-refractivity contribution in [2.24, 2.45) is 0 Å². The maximum Gasteiger partial charge on any atom is 0.172 e. The van der Waals surface area contributed by atoms with Crippen LogP contribution in [0.15, 0.2) is 55.1 Å². The first-order valence-electron chi connectivity index (χ1n) is 11.1. The van der Waals surface area contributed by atoms with Gasteiger partial charge in [-0.05, 0) is 73.9 Å². The fraction of sp³-hybridized carbons (Fsp3) is 0.172. The minimum absolute atomic E-state index is 0.0416. The Balaban J connectivity index is 1.85. The molecule has 5 rings (SSSR count). The largest absolute Gasteiger partial charge is 0.504 e. The number of benzene rings is 3. The SMILES string of the molecule is C=Cc1cc(F)ccc1C=C1Oc2ccc(O)c(OC)c2-c2ccc3c(c21)C(C)=CC(C)(C)N3. The van der Waals surface area contributed by atoms with Crippen molar-refractivity contribution in [1.82, 2.24) is 0 Å². The highest BCUT2D eigenvalue weighted by Gasteiger charge is 2.33. The van der Waals surface area contributed by atoms with Crippen LogP contribution in [0.1, 0.15) is 43.0 Å². The Kier molecular flexibility index (Phi) is 5.01. The molecule has 5 heteroatoms. The summed E-state index contributed by atoms with van der Waals surface area (Å²) in [7, 11) is 1.53. The molecule has 3 aromatic carbocycles. The molecule has 3 aromatic rings. The number of phenols is 1. The summed E-state index contributed by atoms with van der Waals surface area (Å²) in [5.74, 6) is 1.27. The Labute approximate surface area is 198 Å². The summed E-state index contributed by atoms with van der Waals surface area (Å²) in [5, 5.41) is 14.1. The van der Waals surface area contributed by atoms with Gasteiger partial charge < -0.3 is 19.9 Å². The number of nitrogens with one attached hydrogen (secondary N) is 1. The van der Waals surface area contributed by atoms with E-state index < -0.39 is 0 Å². The minimum Gasteiger partial charge on any atom is -0.504 e. The lowest BCUT2D eigenvalue weighted by atomic mass is 9.82. The molecule has 2 N–H and O–H groups in total. The van der Waals surface area contributed by atoms with Crippen LogP contribution in [0, 0.1) is 5.82 Å². The Morgan fingerprint density at radius 1 is 1.06 bits per heavy atom. The van der Waals surface area contributed by atoms with Gasteiger partial charge in [0.05, 0.1) is 18.2 Å². The normalized spacial score (nSPS) is 16.4. The quantitative estimate of drug-likeness (QED) is 0.434. The predicted molar refractivity (Wildman–Crippen MR) is 136 cm³/mol. The van der Waals surface area contributed by atoms with Crippen molar-refractivity contribution in [3.8, 4) is 28.4 Å². The number of methoxy groups -OCH3 is 1. The summed E-state index contributed by atoms with van der Waals surface area (Å²) in [5.41, 5.74) is 6.82. The molecule has 0 bridgehead atoms. The molecule has 0 saturated heterocycles. The molecule has 172 valence electrons. The molecule has 0 aromatic heterocycles. The van der Waals surface area contributed by atoms with E-state index in [9.17, 15) is 9.50 Å². The average Bonchev–Trinajstić information content (AvgIpc) is 2.79. The Hall–Kier alpha value is -3.99. The minimum atomic E-state index is -0.324. The van der Waals surface area contributed by atoms with E-state index in [1.807, 2.05) is 12.1 Å². The van der Waals surface area contributed by atoms with E-state index in [2.05, 4.69) is 44.8 Å². The van der Waals surface area contributed by atoms with Gasteiger partial charge in [0, 0.05) is 22.4 Å². The zero-order valence-electron chi connectivity index (χ0n) is 19.6. The Morgan fingerprint density at radius 3 is 2.59 bits per heavy atom. The highest BCUT2D eigenvalue weighted by molar-refractivity contribution is 6.02. The number of ether oxygens (including phenoxy) is 2. The molecule has 0 radical (unpaired) electrons. The van der Waals surface area contributed by atoms with Gasteiger partial charge in [-0.1, -0.05) is 30.9 Å². The number of rotatable bonds is 3. The summed E-state index contributed by atoms with van der Waals surface area (Å²) in [6.07, 6.45) is 5.73. The monoisotopic (exact) mass is 455 g/mol.